The van der Waals surface area contributed by atoms with E-state index in [2.05, 4.69) is 12.2 Å². The van der Waals surface area contributed by atoms with Gasteiger partial charge >= 0.3 is 0 Å². The molecule has 206 valence electrons. The van der Waals surface area contributed by atoms with Gasteiger partial charge in [-0.3, -0.25) is 14.1 Å². The fourth-order valence-corrected chi connectivity index (χ4v) is 5.40. The predicted octanol–water partition coefficient (Wildman–Crippen LogP) is 7.80. The van der Waals surface area contributed by atoms with Gasteiger partial charge in [-0.25, -0.2) is 0 Å². The van der Waals surface area contributed by atoms with E-state index in [9.17, 15) is 27.7 Å². The summed E-state index contributed by atoms with van der Waals surface area (Å²) in [5.41, 5.74) is 0.268. The van der Waals surface area contributed by atoms with Crippen molar-refractivity contribution in [1.82, 2.24) is 0 Å². The summed E-state index contributed by atoms with van der Waals surface area (Å²) in [4.78, 5) is 23.2. The normalized spacial score (nSPS) is 11.6. The first-order valence-electron chi connectivity index (χ1n) is 13.8. The van der Waals surface area contributed by atoms with Crippen LogP contribution in [0.1, 0.15) is 120 Å². The fraction of sp³-hybridized carbons (Fsp3) is 0.586. The summed E-state index contributed by atoms with van der Waals surface area (Å²) in [6.45, 7) is 2.25. The van der Waals surface area contributed by atoms with E-state index in [4.69, 9.17) is 0 Å². The molecule has 2 aromatic carbocycles. The van der Waals surface area contributed by atoms with Crippen molar-refractivity contribution in [3.05, 3.63) is 29.8 Å². The lowest BCUT2D eigenvalue weighted by Gasteiger charge is -2.11. The van der Waals surface area contributed by atoms with Crippen LogP contribution in [0, 0.1) is 0 Å². The van der Waals surface area contributed by atoms with Crippen molar-refractivity contribution >= 4 is 38.8 Å². The number of benzene rings is 2. The summed E-state index contributed by atoms with van der Waals surface area (Å²) in [5, 5.41) is 12.9. The molecule has 0 bridgehead atoms. The van der Waals surface area contributed by atoms with E-state index in [1.54, 1.807) is 0 Å². The number of rotatable bonds is 19. The summed E-state index contributed by atoms with van der Waals surface area (Å²) in [6, 6.07) is 5.20. The number of carbonyl (C=O) groups is 2. The van der Waals surface area contributed by atoms with Crippen LogP contribution in [0.15, 0.2) is 29.2 Å². The summed E-state index contributed by atoms with van der Waals surface area (Å²) in [7, 11) is -4.65. The van der Waals surface area contributed by atoms with Gasteiger partial charge in [0.25, 0.3) is 10.1 Å². The van der Waals surface area contributed by atoms with E-state index in [0.29, 0.717) is 18.4 Å². The Morgan fingerprint density at radius 3 is 1.81 bits per heavy atom. The maximum Gasteiger partial charge on any atom is 0.295 e. The van der Waals surface area contributed by atoms with Gasteiger partial charge in [0.2, 0.25) is 5.91 Å². The minimum atomic E-state index is -4.65. The number of aldehydes is 1. The molecule has 2 rings (SSSR count). The van der Waals surface area contributed by atoms with Crippen LogP contribution in [0.25, 0.3) is 10.8 Å². The molecule has 0 fully saturated rings. The number of unbranched alkanes of at least 4 members (excludes halogenated alkanes) is 14. The second-order valence-corrected chi connectivity index (χ2v) is 11.3. The highest BCUT2D eigenvalue weighted by Crippen LogP contribution is 2.34. The number of hydrogen-bond donors (Lipinski definition) is 3. The van der Waals surface area contributed by atoms with E-state index in [1.165, 1.54) is 95.2 Å². The van der Waals surface area contributed by atoms with Gasteiger partial charge in [0.05, 0.1) is 5.56 Å². The first kappa shape index (κ1) is 30.8. The van der Waals surface area contributed by atoms with Crippen molar-refractivity contribution in [3.63, 3.8) is 0 Å². The Balaban J connectivity index is 1.67. The average molecular weight is 534 g/mol. The standard InChI is InChI=1S/C29H43NO6S/c1-2-3-4-5-6-7-8-9-10-11-12-13-14-15-16-17-29(33)30-23-18-19-24-25(20-23)28(37(34,35)36)21-27(32)26(24)22-31/h18-22,32H,2-17H2,1H3,(H,30,33)(H,34,35,36). The molecule has 0 saturated carbocycles. The number of carbonyl (C=O) groups excluding carboxylic acids is 2. The molecule has 0 radical (unpaired) electrons. The first-order chi connectivity index (χ1) is 17.8. The number of hydrogen-bond acceptors (Lipinski definition) is 5. The van der Waals surface area contributed by atoms with Gasteiger partial charge in [-0.2, -0.15) is 8.42 Å². The minimum absolute atomic E-state index is 0.0483. The molecular weight excluding hydrogens is 490 g/mol. The topological polar surface area (TPSA) is 121 Å². The van der Waals surface area contributed by atoms with Crippen LogP contribution in [0.5, 0.6) is 5.75 Å². The number of phenols is 1. The highest BCUT2D eigenvalue weighted by molar-refractivity contribution is 7.86. The van der Waals surface area contributed by atoms with Gasteiger partial charge in [0, 0.05) is 23.6 Å². The smallest absolute Gasteiger partial charge is 0.295 e. The van der Waals surface area contributed by atoms with Gasteiger partial charge in [-0.1, -0.05) is 103 Å². The Hall–Kier alpha value is -2.45. The zero-order chi connectivity index (χ0) is 27.1. The van der Waals surface area contributed by atoms with E-state index in [0.717, 1.165) is 25.3 Å². The molecule has 8 heteroatoms. The van der Waals surface area contributed by atoms with Crippen molar-refractivity contribution in [2.24, 2.45) is 0 Å². The molecular formula is C29H43NO6S. The van der Waals surface area contributed by atoms with Gasteiger partial charge in [0.1, 0.15) is 10.6 Å². The second-order valence-electron chi connectivity index (χ2n) is 9.91. The number of fused-ring (bicyclic) bond motifs is 1. The summed E-state index contributed by atoms with van der Waals surface area (Å²) in [5.74, 6) is -0.725. The number of amides is 1. The Morgan fingerprint density at radius 2 is 1.32 bits per heavy atom. The van der Waals surface area contributed by atoms with E-state index < -0.39 is 20.8 Å². The van der Waals surface area contributed by atoms with Crippen molar-refractivity contribution < 1.29 is 27.7 Å². The lowest BCUT2D eigenvalue weighted by atomic mass is 10.0. The number of aromatic hydroxyl groups is 1. The fourth-order valence-electron chi connectivity index (χ4n) is 4.70. The second kappa shape index (κ2) is 16.4. The summed E-state index contributed by atoms with van der Waals surface area (Å²) >= 11 is 0. The largest absolute Gasteiger partial charge is 0.507 e. The molecule has 0 spiro atoms. The Kier molecular flexibility index (Phi) is 13.6. The van der Waals surface area contributed by atoms with Crippen molar-refractivity contribution in [3.8, 4) is 5.75 Å². The quantitative estimate of drug-likeness (QED) is 0.0962. The van der Waals surface area contributed by atoms with Crippen LogP contribution in [-0.2, 0) is 14.9 Å². The molecule has 0 saturated heterocycles. The minimum Gasteiger partial charge on any atom is -0.507 e. The van der Waals surface area contributed by atoms with Crippen molar-refractivity contribution in [1.29, 1.82) is 0 Å². The Bertz CT molecular complexity index is 1110. The molecule has 0 aliphatic rings. The molecule has 0 aliphatic carbocycles. The van der Waals surface area contributed by atoms with Crippen LogP contribution in [-0.4, -0.2) is 30.3 Å². The van der Waals surface area contributed by atoms with Crippen molar-refractivity contribution in [2.45, 2.75) is 115 Å². The van der Waals surface area contributed by atoms with Crippen LogP contribution >= 0.6 is 0 Å². The average Bonchev–Trinajstić information content (AvgIpc) is 2.85. The molecule has 0 unspecified atom stereocenters. The molecule has 0 aliphatic heterocycles. The van der Waals surface area contributed by atoms with Gasteiger partial charge in [-0.15, -0.1) is 0 Å². The lowest BCUT2D eigenvalue weighted by Crippen LogP contribution is -2.11. The maximum absolute atomic E-state index is 12.4. The summed E-state index contributed by atoms with van der Waals surface area (Å²) < 4.78 is 33.1. The van der Waals surface area contributed by atoms with E-state index in [-0.39, 0.29) is 22.2 Å². The predicted molar refractivity (Wildman–Crippen MR) is 149 cm³/mol. The van der Waals surface area contributed by atoms with Crippen LogP contribution in [0.3, 0.4) is 0 Å². The monoisotopic (exact) mass is 533 g/mol. The molecule has 1 amide bonds. The van der Waals surface area contributed by atoms with Crippen LogP contribution < -0.4 is 5.32 Å². The molecule has 3 N–H and O–H groups in total. The molecule has 37 heavy (non-hydrogen) atoms. The molecule has 0 aromatic heterocycles. The molecule has 2 aromatic rings. The number of anilines is 1. The van der Waals surface area contributed by atoms with Gasteiger partial charge in [0.15, 0.2) is 6.29 Å². The first-order valence-corrected chi connectivity index (χ1v) is 15.2. The molecule has 0 heterocycles. The molecule has 0 atom stereocenters. The number of phenolic OH excluding ortho intramolecular Hbond substituents is 1. The Labute approximate surface area is 221 Å². The lowest BCUT2D eigenvalue weighted by molar-refractivity contribution is -0.116. The third-order valence-electron chi connectivity index (χ3n) is 6.81. The summed E-state index contributed by atoms with van der Waals surface area (Å²) in [6.07, 6.45) is 19.6. The Morgan fingerprint density at radius 1 is 0.811 bits per heavy atom. The van der Waals surface area contributed by atoms with Gasteiger partial charge in [-0.05, 0) is 23.9 Å². The maximum atomic E-state index is 12.4. The van der Waals surface area contributed by atoms with Crippen molar-refractivity contribution in [2.75, 3.05) is 5.32 Å². The SMILES string of the molecule is CCCCCCCCCCCCCCCCCC(=O)Nc1ccc2c(C=O)c(O)cc(S(=O)(=O)O)c2c1. The number of nitrogens with one attached hydrogen (secondary N) is 1. The third-order valence-corrected chi connectivity index (χ3v) is 7.70. The van der Waals surface area contributed by atoms with Crippen LogP contribution in [0.2, 0.25) is 0 Å². The third kappa shape index (κ3) is 10.8. The zero-order valence-electron chi connectivity index (χ0n) is 22.1. The van der Waals surface area contributed by atoms with E-state index >= 15 is 0 Å². The highest BCUT2D eigenvalue weighted by atomic mass is 32.2. The molecule has 7 nitrogen and oxygen atoms in total. The van der Waals surface area contributed by atoms with E-state index in [1.807, 2.05) is 0 Å². The highest BCUT2D eigenvalue weighted by Gasteiger charge is 2.20. The van der Waals surface area contributed by atoms with Crippen LogP contribution in [0.4, 0.5) is 5.69 Å². The zero-order valence-corrected chi connectivity index (χ0v) is 23.0. The van der Waals surface area contributed by atoms with Gasteiger partial charge < -0.3 is 10.4 Å².